The highest BCUT2D eigenvalue weighted by Gasteiger charge is 2.20. The molecule has 1 atom stereocenters. The molecule has 0 saturated heterocycles. The molecule has 3 N–H and O–H groups in total. The van der Waals surface area contributed by atoms with Crippen LogP contribution in [0.2, 0.25) is 0 Å². The largest absolute Gasteiger partial charge is 0.398 e. The third-order valence-corrected chi connectivity index (χ3v) is 3.09. The summed E-state index contributed by atoms with van der Waals surface area (Å²) in [4.78, 5) is 11.9. The van der Waals surface area contributed by atoms with Gasteiger partial charge in [0.05, 0.1) is 11.6 Å². The lowest BCUT2D eigenvalue weighted by molar-refractivity contribution is 0.0934. The molecule has 6 heteroatoms. The van der Waals surface area contributed by atoms with E-state index in [-0.39, 0.29) is 0 Å². The standard InChI is InChI=1S/C15H13F3N2O/c1-8(9-4-2-3-5-12(9)19)20-15(21)10-6-7-11(16)14(18)13(10)17/h2-8H,19H2,1H3,(H,20,21). The van der Waals surface area contributed by atoms with Crippen molar-refractivity contribution in [2.24, 2.45) is 0 Å². The predicted molar refractivity (Wildman–Crippen MR) is 73.1 cm³/mol. The van der Waals surface area contributed by atoms with E-state index in [1.165, 1.54) is 0 Å². The van der Waals surface area contributed by atoms with Crippen LogP contribution in [-0.2, 0) is 0 Å². The fourth-order valence-electron chi connectivity index (χ4n) is 1.96. The summed E-state index contributed by atoms with van der Waals surface area (Å²) < 4.78 is 39.5. The van der Waals surface area contributed by atoms with E-state index in [1.54, 1.807) is 31.2 Å². The van der Waals surface area contributed by atoms with Crippen LogP contribution in [0.5, 0.6) is 0 Å². The van der Waals surface area contributed by atoms with Gasteiger partial charge in [0.2, 0.25) is 0 Å². The average Bonchev–Trinajstić information content (AvgIpc) is 2.45. The number of halogens is 3. The minimum atomic E-state index is -1.67. The quantitative estimate of drug-likeness (QED) is 0.675. The number of amides is 1. The van der Waals surface area contributed by atoms with Crippen molar-refractivity contribution >= 4 is 11.6 Å². The second kappa shape index (κ2) is 5.87. The summed E-state index contributed by atoms with van der Waals surface area (Å²) in [5.41, 5.74) is 6.33. The Hall–Kier alpha value is -2.50. The van der Waals surface area contributed by atoms with Gasteiger partial charge in [-0.05, 0) is 30.7 Å². The van der Waals surface area contributed by atoms with Crippen LogP contribution in [0.4, 0.5) is 18.9 Å². The molecule has 2 aromatic rings. The molecule has 0 aliphatic heterocycles. The highest BCUT2D eigenvalue weighted by Crippen LogP contribution is 2.21. The Morgan fingerprint density at radius 2 is 1.76 bits per heavy atom. The van der Waals surface area contributed by atoms with Crippen LogP contribution >= 0.6 is 0 Å². The first kappa shape index (κ1) is 14.9. The van der Waals surface area contributed by atoms with E-state index >= 15 is 0 Å². The lowest BCUT2D eigenvalue weighted by Gasteiger charge is -2.16. The summed E-state index contributed by atoms with van der Waals surface area (Å²) in [6.07, 6.45) is 0. The van der Waals surface area contributed by atoms with Crippen LogP contribution in [0, 0.1) is 17.5 Å². The summed E-state index contributed by atoms with van der Waals surface area (Å²) in [6, 6.07) is 7.94. The summed E-state index contributed by atoms with van der Waals surface area (Å²) in [6.45, 7) is 1.65. The van der Waals surface area contributed by atoms with E-state index in [4.69, 9.17) is 5.73 Å². The van der Waals surface area contributed by atoms with E-state index in [0.717, 1.165) is 6.07 Å². The van der Waals surface area contributed by atoms with Gasteiger partial charge in [-0.2, -0.15) is 0 Å². The smallest absolute Gasteiger partial charge is 0.254 e. The third kappa shape index (κ3) is 2.99. The molecule has 0 heterocycles. The molecule has 0 saturated carbocycles. The Balaban J connectivity index is 2.23. The second-order valence-corrected chi connectivity index (χ2v) is 4.55. The number of nitrogen functional groups attached to an aromatic ring is 1. The molecule has 0 fully saturated rings. The molecule has 0 aliphatic rings. The Kier molecular flexibility index (Phi) is 4.16. The van der Waals surface area contributed by atoms with Crippen molar-refractivity contribution in [3.8, 4) is 0 Å². The summed E-state index contributed by atoms with van der Waals surface area (Å²) in [5.74, 6) is -5.37. The molecule has 2 aromatic carbocycles. The predicted octanol–water partition coefficient (Wildman–Crippen LogP) is 3.18. The number of para-hydroxylation sites is 1. The first-order chi connectivity index (χ1) is 9.91. The van der Waals surface area contributed by atoms with E-state index in [1.807, 2.05) is 0 Å². The molecule has 2 rings (SSSR count). The van der Waals surface area contributed by atoms with Crippen molar-refractivity contribution in [1.29, 1.82) is 0 Å². The number of carbonyl (C=O) groups excluding carboxylic acids is 1. The lowest BCUT2D eigenvalue weighted by atomic mass is 10.1. The number of hydrogen-bond donors (Lipinski definition) is 2. The Bertz CT molecular complexity index is 689. The van der Waals surface area contributed by atoms with Gasteiger partial charge >= 0.3 is 0 Å². The van der Waals surface area contributed by atoms with Gasteiger partial charge in [-0.1, -0.05) is 18.2 Å². The third-order valence-electron chi connectivity index (χ3n) is 3.09. The van der Waals surface area contributed by atoms with Crippen LogP contribution < -0.4 is 11.1 Å². The summed E-state index contributed by atoms with van der Waals surface area (Å²) in [5, 5.41) is 2.49. The van der Waals surface area contributed by atoms with Gasteiger partial charge in [-0.25, -0.2) is 13.2 Å². The van der Waals surface area contributed by atoms with Crippen LogP contribution in [0.15, 0.2) is 36.4 Å². The van der Waals surface area contributed by atoms with Crippen LogP contribution in [0.3, 0.4) is 0 Å². The second-order valence-electron chi connectivity index (χ2n) is 4.55. The zero-order valence-corrected chi connectivity index (χ0v) is 11.2. The normalized spacial score (nSPS) is 12.0. The van der Waals surface area contributed by atoms with E-state index in [0.29, 0.717) is 17.3 Å². The van der Waals surface area contributed by atoms with Crippen molar-refractivity contribution in [2.75, 3.05) is 5.73 Å². The molecule has 1 unspecified atom stereocenters. The highest BCUT2D eigenvalue weighted by atomic mass is 19.2. The van der Waals surface area contributed by atoms with Gasteiger partial charge in [0.1, 0.15) is 0 Å². The van der Waals surface area contributed by atoms with Crippen LogP contribution in [0.25, 0.3) is 0 Å². The highest BCUT2D eigenvalue weighted by molar-refractivity contribution is 5.94. The van der Waals surface area contributed by atoms with Crippen molar-refractivity contribution in [3.63, 3.8) is 0 Å². The minimum Gasteiger partial charge on any atom is -0.398 e. The molecular formula is C15H13F3N2O. The van der Waals surface area contributed by atoms with Crippen LogP contribution in [0.1, 0.15) is 28.9 Å². The summed E-state index contributed by atoms with van der Waals surface area (Å²) in [7, 11) is 0. The van der Waals surface area contributed by atoms with Crippen molar-refractivity contribution in [2.45, 2.75) is 13.0 Å². The zero-order valence-electron chi connectivity index (χ0n) is 11.2. The molecule has 3 nitrogen and oxygen atoms in total. The Morgan fingerprint density at radius 1 is 1.10 bits per heavy atom. The van der Waals surface area contributed by atoms with E-state index in [9.17, 15) is 18.0 Å². The fourth-order valence-corrected chi connectivity index (χ4v) is 1.96. The number of rotatable bonds is 3. The summed E-state index contributed by atoms with van der Waals surface area (Å²) >= 11 is 0. The molecule has 0 aromatic heterocycles. The number of nitrogens with two attached hydrogens (primary N) is 1. The maximum atomic E-state index is 13.5. The van der Waals surface area contributed by atoms with Gasteiger partial charge in [0, 0.05) is 5.69 Å². The Morgan fingerprint density at radius 3 is 2.43 bits per heavy atom. The first-order valence-corrected chi connectivity index (χ1v) is 6.20. The molecule has 1 amide bonds. The molecule has 0 bridgehead atoms. The number of benzene rings is 2. The maximum absolute atomic E-state index is 13.5. The van der Waals surface area contributed by atoms with Gasteiger partial charge in [0.15, 0.2) is 17.5 Å². The molecule has 21 heavy (non-hydrogen) atoms. The van der Waals surface area contributed by atoms with Crippen LogP contribution in [-0.4, -0.2) is 5.91 Å². The zero-order chi connectivity index (χ0) is 15.6. The van der Waals surface area contributed by atoms with E-state index in [2.05, 4.69) is 5.32 Å². The molecule has 110 valence electrons. The lowest BCUT2D eigenvalue weighted by Crippen LogP contribution is -2.28. The fraction of sp³-hybridized carbons (Fsp3) is 0.133. The molecule has 0 aliphatic carbocycles. The van der Waals surface area contributed by atoms with Gasteiger partial charge in [-0.15, -0.1) is 0 Å². The number of carbonyl (C=O) groups is 1. The topological polar surface area (TPSA) is 55.1 Å². The Labute approximate surface area is 119 Å². The maximum Gasteiger partial charge on any atom is 0.254 e. The monoisotopic (exact) mass is 294 g/mol. The first-order valence-electron chi connectivity index (χ1n) is 6.20. The SMILES string of the molecule is CC(NC(=O)c1ccc(F)c(F)c1F)c1ccccc1N. The van der Waals surface area contributed by atoms with E-state index < -0.39 is 35.0 Å². The number of hydrogen-bond acceptors (Lipinski definition) is 2. The molecular weight excluding hydrogens is 281 g/mol. The average molecular weight is 294 g/mol. The van der Waals surface area contributed by atoms with Crippen molar-refractivity contribution in [1.82, 2.24) is 5.32 Å². The van der Waals surface area contributed by atoms with Gasteiger partial charge in [0.25, 0.3) is 5.91 Å². The number of anilines is 1. The van der Waals surface area contributed by atoms with Gasteiger partial charge in [-0.3, -0.25) is 4.79 Å². The number of nitrogens with one attached hydrogen (secondary N) is 1. The van der Waals surface area contributed by atoms with Gasteiger partial charge < -0.3 is 11.1 Å². The van der Waals surface area contributed by atoms with Crippen molar-refractivity contribution < 1.29 is 18.0 Å². The minimum absolute atomic E-state index is 0.469. The van der Waals surface area contributed by atoms with Crippen molar-refractivity contribution in [3.05, 3.63) is 65.0 Å². The molecule has 0 spiro atoms. The molecule has 0 radical (unpaired) electrons.